The molecule has 0 spiro atoms. The lowest BCUT2D eigenvalue weighted by atomic mass is 10.1. The summed E-state index contributed by atoms with van der Waals surface area (Å²) in [7, 11) is -3.13. The molecule has 0 amide bonds. The molecule has 0 aliphatic carbocycles. The molecule has 0 saturated carbocycles. The number of sulfone groups is 1. The first kappa shape index (κ1) is 12.8. The summed E-state index contributed by atoms with van der Waals surface area (Å²) in [6.45, 7) is 3.55. The quantitative estimate of drug-likeness (QED) is 0.846. The third-order valence-corrected chi connectivity index (χ3v) is 4.10. The van der Waals surface area contributed by atoms with Gasteiger partial charge in [-0.2, -0.15) is 4.98 Å². The lowest BCUT2D eigenvalue weighted by Crippen LogP contribution is -2.07. The Morgan fingerprint density at radius 2 is 2.11 bits per heavy atom. The monoisotopic (exact) mass is 266 g/mol. The summed E-state index contributed by atoms with van der Waals surface area (Å²) in [5, 5.41) is 3.69. The lowest BCUT2D eigenvalue weighted by Gasteiger charge is -1.95. The number of benzene rings is 1. The van der Waals surface area contributed by atoms with E-state index in [1.165, 1.54) is 0 Å². The second kappa shape index (κ2) is 4.89. The largest absolute Gasteiger partial charge is 0.334 e. The molecule has 1 aromatic heterocycles. The second-order valence-corrected chi connectivity index (χ2v) is 6.41. The van der Waals surface area contributed by atoms with Crippen molar-refractivity contribution in [2.45, 2.75) is 19.6 Å². The molecule has 0 radical (unpaired) electrons. The molecular formula is C12H14N2O3S. The van der Waals surface area contributed by atoms with Crippen LogP contribution in [0.3, 0.4) is 0 Å². The van der Waals surface area contributed by atoms with Crippen molar-refractivity contribution in [3.63, 3.8) is 0 Å². The van der Waals surface area contributed by atoms with E-state index in [0.717, 1.165) is 11.1 Å². The van der Waals surface area contributed by atoms with Crippen LogP contribution in [0.2, 0.25) is 0 Å². The first-order valence-electron chi connectivity index (χ1n) is 5.60. The van der Waals surface area contributed by atoms with Crippen LogP contribution in [-0.4, -0.2) is 24.3 Å². The van der Waals surface area contributed by atoms with E-state index in [1.54, 1.807) is 6.92 Å². The van der Waals surface area contributed by atoms with Crippen LogP contribution in [0.1, 0.15) is 18.3 Å². The fourth-order valence-corrected chi connectivity index (χ4v) is 2.22. The van der Waals surface area contributed by atoms with Crippen LogP contribution in [-0.2, 0) is 15.6 Å². The van der Waals surface area contributed by atoms with Crippen LogP contribution in [0.4, 0.5) is 0 Å². The lowest BCUT2D eigenvalue weighted by molar-refractivity contribution is 0.424. The zero-order valence-electron chi connectivity index (χ0n) is 10.3. The summed E-state index contributed by atoms with van der Waals surface area (Å²) in [6, 6.07) is 7.60. The molecule has 0 saturated heterocycles. The van der Waals surface area contributed by atoms with Gasteiger partial charge in [-0.3, -0.25) is 0 Å². The highest BCUT2D eigenvalue weighted by molar-refractivity contribution is 7.90. The minimum atomic E-state index is -3.13. The third-order valence-electron chi connectivity index (χ3n) is 2.52. The second-order valence-electron chi connectivity index (χ2n) is 4.06. The van der Waals surface area contributed by atoms with E-state index in [4.69, 9.17) is 4.52 Å². The number of hydrogen-bond donors (Lipinski definition) is 0. The fourth-order valence-electron chi connectivity index (χ4n) is 1.51. The molecule has 5 nitrogen and oxygen atoms in total. The van der Waals surface area contributed by atoms with Crippen molar-refractivity contribution < 1.29 is 12.9 Å². The van der Waals surface area contributed by atoms with Gasteiger partial charge in [-0.15, -0.1) is 0 Å². The Morgan fingerprint density at radius 1 is 1.33 bits per heavy atom. The Labute approximate surface area is 106 Å². The Bertz CT molecular complexity index is 647. The average molecular weight is 266 g/mol. The smallest absolute Gasteiger partial charge is 0.257 e. The SMILES string of the molecule is CCS(=O)(=O)Cc1noc(-c2cccc(C)c2)n1. The number of rotatable bonds is 4. The van der Waals surface area contributed by atoms with Gasteiger partial charge in [-0.05, 0) is 19.1 Å². The molecule has 6 heteroatoms. The summed E-state index contributed by atoms with van der Waals surface area (Å²) in [4.78, 5) is 4.10. The van der Waals surface area contributed by atoms with E-state index in [9.17, 15) is 8.42 Å². The minimum absolute atomic E-state index is 0.0708. The van der Waals surface area contributed by atoms with Gasteiger partial charge < -0.3 is 4.52 Å². The third kappa shape index (κ3) is 2.95. The summed E-state index contributed by atoms with van der Waals surface area (Å²) >= 11 is 0. The van der Waals surface area contributed by atoms with E-state index in [1.807, 2.05) is 31.2 Å². The molecule has 1 aromatic carbocycles. The molecule has 18 heavy (non-hydrogen) atoms. The number of hydrogen-bond acceptors (Lipinski definition) is 5. The van der Waals surface area contributed by atoms with Crippen molar-refractivity contribution in [3.05, 3.63) is 35.7 Å². The van der Waals surface area contributed by atoms with E-state index >= 15 is 0 Å². The molecular weight excluding hydrogens is 252 g/mol. The number of aromatic nitrogens is 2. The van der Waals surface area contributed by atoms with E-state index in [-0.39, 0.29) is 17.3 Å². The van der Waals surface area contributed by atoms with Crippen LogP contribution >= 0.6 is 0 Å². The van der Waals surface area contributed by atoms with Crippen molar-refractivity contribution in [3.8, 4) is 11.5 Å². The summed E-state index contributed by atoms with van der Waals surface area (Å²) < 4.78 is 28.0. The van der Waals surface area contributed by atoms with Crippen molar-refractivity contribution in [2.24, 2.45) is 0 Å². The maximum absolute atomic E-state index is 11.4. The highest BCUT2D eigenvalue weighted by Gasteiger charge is 2.15. The summed E-state index contributed by atoms with van der Waals surface area (Å²) in [6.07, 6.45) is 0. The molecule has 1 heterocycles. The predicted molar refractivity (Wildman–Crippen MR) is 67.6 cm³/mol. The van der Waals surface area contributed by atoms with Crippen molar-refractivity contribution in [1.82, 2.24) is 10.1 Å². The Morgan fingerprint density at radius 3 is 2.78 bits per heavy atom. The highest BCUT2D eigenvalue weighted by atomic mass is 32.2. The average Bonchev–Trinajstić information content (AvgIpc) is 2.77. The molecule has 0 aliphatic rings. The zero-order valence-corrected chi connectivity index (χ0v) is 11.1. The van der Waals surface area contributed by atoms with Crippen molar-refractivity contribution in [1.29, 1.82) is 0 Å². The first-order valence-corrected chi connectivity index (χ1v) is 7.42. The first-order chi connectivity index (χ1) is 8.50. The van der Waals surface area contributed by atoms with Crippen molar-refractivity contribution >= 4 is 9.84 Å². The minimum Gasteiger partial charge on any atom is -0.334 e. The molecule has 2 rings (SSSR count). The topological polar surface area (TPSA) is 73.1 Å². The standard InChI is InChI=1S/C12H14N2O3S/c1-3-18(15,16)8-11-13-12(17-14-11)10-6-4-5-9(2)7-10/h4-7H,3,8H2,1-2H3. The predicted octanol–water partition coefficient (Wildman–Crippen LogP) is 1.98. The molecule has 0 bridgehead atoms. The number of aryl methyl sites for hydroxylation is 1. The van der Waals surface area contributed by atoms with Gasteiger partial charge in [0.05, 0.1) is 0 Å². The van der Waals surface area contributed by atoms with Gasteiger partial charge in [0.25, 0.3) is 5.89 Å². The van der Waals surface area contributed by atoms with Gasteiger partial charge in [0.15, 0.2) is 15.7 Å². The Hall–Kier alpha value is -1.69. The van der Waals surface area contributed by atoms with Crippen LogP contribution < -0.4 is 0 Å². The molecule has 0 atom stereocenters. The molecule has 0 aliphatic heterocycles. The van der Waals surface area contributed by atoms with Gasteiger partial charge in [0, 0.05) is 11.3 Å². The molecule has 0 fully saturated rings. The van der Waals surface area contributed by atoms with E-state index in [0.29, 0.717) is 5.89 Å². The fraction of sp³-hybridized carbons (Fsp3) is 0.333. The molecule has 2 aromatic rings. The van der Waals surface area contributed by atoms with Crippen LogP contribution in [0, 0.1) is 6.92 Å². The van der Waals surface area contributed by atoms with Gasteiger partial charge in [-0.1, -0.05) is 29.8 Å². The van der Waals surface area contributed by atoms with Gasteiger partial charge in [0.1, 0.15) is 5.75 Å². The van der Waals surface area contributed by atoms with E-state index in [2.05, 4.69) is 10.1 Å². The van der Waals surface area contributed by atoms with Gasteiger partial charge in [-0.25, -0.2) is 8.42 Å². The maximum atomic E-state index is 11.4. The molecule has 0 unspecified atom stereocenters. The van der Waals surface area contributed by atoms with Crippen LogP contribution in [0.25, 0.3) is 11.5 Å². The van der Waals surface area contributed by atoms with Crippen LogP contribution in [0.15, 0.2) is 28.8 Å². The number of nitrogens with zero attached hydrogens (tertiary/aromatic N) is 2. The van der Waals surface area contributed by atoms with Gasteiger partial charge >= 0.3 is 0 Å². The normalized spacial score (nSPS) is 11.7. The Kier molecular flexibility index (Phi) is 3.47. The van der Waals surface area contributed by atoms with E-state index < -0.39 is 9.84 Å². The maximum Gasteiger partial charge on any atom is 0.257 e. The zero-order chi connectivity index (χ0) is 13.2. The summed E-state index contributed by atoms with van der Waals surface area (Å²) in [5.41, 5.74) is 1.87. The van der Waals surface area contributed by atoms with Gasteiger partial charge in [0.2, 0.25) is 0 Å². The summed E-state index contributed by atoms with van der Waals surface area (Å²) in [5.74, 6) is 0.438. The van der Waals surface area contributed by atoms with Crippen molar-refractivity contribution in [2.75, 3.05) is 5.75 Å². The molecule has 96 valence electrons. The van der Waals surface area contributed by atoms with Crippen LogP contribution in [0.5, 0.6) is 0 Å². The highest BCUT2D eigenvalue weighted by Crippen LogP contribution is 2.18. The molecule has 0 N–H and O–H groups in total. The Balaban J connectivity index is 2.26.